The molecule has 0 aliphatic carbocycles. The fourth-order valence-electron chi connectivity index (χ4n) is 2.00. The van der Waals surface area contributed by atoms with Crippen molar-refractivity contribution < 1.29 is 19.1 Å². The van der Waals surface area contributed by atoms with Gasteiger partial charge in [0.15, 0.2) is 5.76 Å². The maximum absolute atomic E-state index is 11.9. The normalized spacial score (nSPS) is 12.5. The zero-order chi connectivity index (χ0) is 14.6. The molecule has 19 heavy (non-hydrogen) atoms. The number of hydrogen-bond donors (Lipinski definition) is 2. The second-order valence-corrected chi connectivity index (χ2v) is 5.24. The van der Waals surface area contributed by atoms with E-state index in [0.717, 1.165) is 5.56 Å². The van der Waals surface area contributed by atoms with E-state index in [1.165, 1.54) is 0 Å². The summed E-state index contributed by atoms with van der Waals surface area (Å²) < 4.78 is 5.29. The molecule has 0 fully saturated rings. The molecule has 1 atom stereocenters. The minimum Gasteiger partial charge on any atom is -0.481 e. The Morgan fingerprint density at radius 1 is 1.37 bits per heavy atom. The van der Waals surface area contributed by atoms with E-state index in [4.69, 9.17) is 9.52 Å². The molecule has 0 spiro atoms. The van der Waals surface area contributed by atoms with E-state index in [-0.39, 0.29) is 24.1 Å². The Labute approximate surface area is 113 Å². The van der Waals surface area contributed by atoms with Crippen molar-refractivity contribution in [3.05, 3.63) is 23.2 Å². The first-order valence-electron chi connectivity index (χ1n) is 6.39. The van der Waals surface area contributed by atoms with Crippen molar-refractivity contribution in [3.8, 4) is 0 Å². The summed E-state index contributed by atoms with van der Waals surface area (Å²) >= 11 is 0. The maximum Gasteiger partial charge on any atom is 0.308 e. The molecule has 5 heteroatoms. The van der Waals surface area contributed by atoms with Gasteiger partial charge in [-0.15, -0.1) is 0 Å². The lowest BCUT2D eigenvalue weighted by atomic mass is 9.97. The van der Waals surface area contributed by atoms with Crippen LogP contribution >= 0.6 is 0 Å². The Morgan fingerprint density at radius 2 is 2.00 bits per heavy atom. The predicted octanol–water partition coefficient (Wildman–Crippen LogP) is 2.37. The fourth-order valence-corrected chi connectivity index (χ4v) is 2.00. The summed E-state index contributed by atoms with van der Waals surface area (Å²) in [5, 5.41) is 11.7. The van der Waals surface area contributed by atoms with E-state index in [1.807, 2.05) is 13.8 Å². The second kappa shape index (κ2) is 6.41. The van der Waals surface area contributed by atoms with Gasteiger partial charge in [-0.1, -0.05) is 13.8 Å². The molecule has 5 nitrogen and oxygen atoms in total. The van der Waals surface area contributed by atoms with Gasteiger partial charge in [-0.25, -0.2) is 0 Å². The predicted molar refractivity (Wildman–Crippen MR) is 71.1 cm³/mol. The fraction of sp³-hybridized carbons (Fsp3) is 0.571. The van der Waals surface area contributed by atoms with Crippen LogP contribution in [-0.2, 0) is 4.79 Å². The first-order valence-corrected chi connectivity index (χ1v) is 6.39. The van der Waals surface area contributed by atoms with Crippen molar-refractivity contribution >= 4 is 11.9 Å². The highest BCUT2D eigenvalue weighted by Crippen LogP contribution is 2.15. The number of hydrogen-bond acceptors (Lipinski definition) is 3. The molecular formula is C14H21NO4. The summed E-state index contributed by atoms with van der Waals surface area (Å²) in [5.41, 5.74) is 0.755. The van der Waals surface area contributed by atoms with Gasteiger partial charge >= 0.3 is 5.97 Å². The Morgan fingerprint density at radius 3 is 2.42 bits per heavy atom. The van der Waals surface area contributed by atoms with Crippen LogP contribution < -0.4 is 5.32 Å². The van der Waals surface area contributed by atoms with E-state index in [2.05, 4.69) is 5.32 Å². The molecule has 1 aromatic rings. The smallest absolute Gasteiger partial charge is 0.308 e. The van der Waals surface area contributed by atoms with Gasteiger partial charge < -0.3 is 14.8 Å². The molecule has 1 heterocycles. The highest BCUT2D eigenvalue weighted by Gasteiger charge is 2.21. The molecule has 1 aromatic heterocycles. The minimum atomic E-state index is -0.888. The lowest BCUT2D eigenvalue weighted by Crippen LogP contribution is -2.33. The van der Waals surface area contributed by atoms with Gasteiger partial charge in [0.2, 0.25) is 0 Å². The summed E-state index contributed by atoms with van der Waals surface area (Å²) in [6.07, 6.45) is 0.534. The highest BCUT2D eigenvalue weighted by atomic mass is 16.4. The molecule has 0 radical (unpaired) electrons. The van der Waals surface area contributed by atoms with Crippen molar-refractivity contribution in [1.29, 1.82) is 0 Å². The van der Waals surface area contributed by atoms with Crippen LogP contribution in [0.15, 0.2) is 10.5 Å². The number of furan rings is 1. The number of rotatable bonds is 6. The summed E-state index contributed by atoms with van der Waals surface area (Å²) in [4.78, 5) is 23.0. The second-order valence-electron chi connectivity index (χ2n) is 5.24. The highest BCUT2D eigenvalue weighted by molar-refractivity contribution is 5.93. The summed E-state index contributed by atoms with van der Waals surface area (Å²) in [5.74, 6) is -0.626. The van der Waals surface area contributed by atoms with Gasteiger partial charge in [0, 0.05) is 12.1 Å². The van der Waals surface area contributed by atoms with E-state index in [0.29, 0.717) is 12.2 Å². The van der Waals surface area contributed by atoms with Crippen LogP contribution in [-0.4, -0.2) is 23.5 Å². The maximum atomic E-state index is 11.9. The standard InChI is InChI=1S/C14H21NO4/c1-8(2)5-11(14(17)18)7-15-13(16)12-9(3)6-10(4)19-12/h6,8,11H,5,7H2,1-4H3,(H,15,16)(H,17,18). The van der Waals surface area contributed by atoms with E-state index in [1.54, 1.807) is 19.9 Å². The molecule has 0 saturated heterocycles. The Bertz CT molecular complexity index is 462. The summed E-state index contributed by atoms with van der Waals surface area (Å²) in [7, 11) is 0. The Kier molecular flexibility index (Phi) is 5.15. The number of carboxylic acid groups (broad SMARTS) is 1. The van der Waals surface area contributed by atoms with Crippen LogP contribution in [0.4, 0.5) is 0 Å². The zero-order valence-corrected chi connectivity index (χ0v) is 11.8. The monoisotopic (exact) mass is 267 g/mol. The molecule has 106 valence electrons. The Balaban J connectivity index is 2.62. The van der Waals surface area contributed by atoms with Gasteiger partial charge in [0.1, 0.15) is 5.76 Å². The number of amides is 1. The number of aryl methyl sites for hydroxylation is 2. The summed E-state index contributed by atoms with van der Waals surface area (Å²) in [6, 6.07) is 1.78. The third-order valence-electron chi connectivity index (χ3n) is 2.86. The number of carbonyl (C=O) groups is 2. The topological polar surface area (TPSA) is 79.5 Å². The van der Waals surface area contributed by atoms with Crippen LogP contribution in [0.1, 0.15) is 42.1 Å². The van der Waals surface area contributed by atoms with Gasteiger partial charge in [0.05, 0.1) is 5.92 Å². The largest absolute Gasteiger partial charge is 0.481 e. The number of nitrogens with one attached hydrogen (secondary N) is 1. The average molecular weight is 267 g/mol. The van der Waals surface area contributed by atoms with E-state index < -0.39 is 11.9 Å². The van der Waals surface area contributed by atoms with Crippen molar-refractivity contribution in [2.24, 2.45) is 11.8 Å². The van der Waals surface area contributed by atoms with Crippen molar-refractivity contribution in [2.45, 2.75) is 34.1 Å². The van der Waals surface area contributed by atoms with Crippen LogP contribution in [0.3, 0.4) is 0 Å². The number of aliphatic carboxylic acids is 1. The van der Waals surface area contributed by atoms with Gasteiger partial charge in [-0.05, 0) is 32.3 Å². The molecule has 0 aromatic carbocycles. The van der Waals surface area contributed by atoms with Crippen LogP contribution in [0.5, 0.6) is 0 Å². The minimum absolute atomic E-state index is 0.117. The van der Waals surface area contributed by atoms with Crippen molar-refractivity contribution in [1.82, 2.24) is 5.32 Å². The zero-order valence-electron chi connectivity index (χ0n) is 11.8. The first-order chi connectivity index (χ1) is 8.81. The molecular weight excluding hydrogens is 246 g/mol. The average Bonchev–Trinajstić information content (AvgIpc) is 2.62. The number of carboxylic acids is 1. The van der Waals surface area contributed by atoms with Crippen LogP contribution in [0.25, 0.3) is 0 Å². The third kappa shape index (κ3) is 4.43. The SMILES string of the molecule is Cc1cc(C)c(C(=O)NCC(CC(C)C)C(=O)O)o1. The van der Waals surface area contributed by atoms with Gasteiger partial charge in [0.25, 0.3) is 5.91 Å². The van der Waals surface area contributed by atoms with Crippen molar-refractivity contribution in [3.63, 3.8) is 0 Å². The molecule has 1 amide bonds. The van der Waals surface area contributed by atoms with Gasteiger partial charge in [-0.2, -0.15) is 0 Å². The third-order valence-corrected chi connectivity index (χ3v) is 2.86. The molecule has 1 unspecified atom stereocenters. The molecule has 0 aliphatic rings. The van der Waals surface area contributed by atoms with Gasteiger partial charge in [-0.3, -0.25) is 9.59 Å². The first kappa shape index (κ1) is 15.3. The van der Waals surface area contributed by atoms with Crippen LogP contribution in [0, 0.1) is 25.7 Å². The quantitative estimate of drug-likeness (QED) is 0.829. The Hall–Kier alpha value is -1.78. The number of carbonyl (C=O) groups excluding carboxylic acids is 1. The van der Waals surface area contributed by atoms with Crippen LogP contribution in [0.2, 0.25) is 0 Å². The molecule has 2 N–H and O–H groups in total. The van der Waals surface area contributed by atoms with Crippen molar-refractivity contribution in [2.75, 3.05) is 6.54 Å². The molecule has 0 saturated carbocycles. The lowest BCUT2D eigenvalue weighted by Gasteiger charge is -2.15. The van der Waals surface area contributed by atoms with E-state index in [9.17, 15) is 9.59 Å². The molecule has 1 rings (SSSR count). The molecule has 0 bridgehead atoms. The lowest BCUT2D eigenvalue weighted by molar-refractivity contribution is -0.142. The summed E-state index contributed by atoms with van der Waals surface area (Å²) in [6.45, 7) is 7.58. The molecule has 0 aliphatic heterocycles. The van der Waals surface area contributed by atoms with E-state index >= 15 is 0 Å².